The zero-order valence-electron chi connectivity index (χ0n) is 17.8. The normalized spacial score (nSPS) is 14.2. The lowest BCUT2D eigenvalue weighted by molar-refractivity contribution is 0.0708. The van der Waals surface area contributed by atoms with Gasteiger partial charge in [0.15, 0.2) is 5.69 Å². The molecule has 1 saturated heterocycles. The SMILES string of the molecule is CCOc1ccccc1C(=O)N1CCC(c2cc(C(=O)Nc3ccccc3F)n[nH]2)CC1. The van der Waals surface area contributed by atoms with E-state index in [1.807, 2.05) is 30.0 Å². The van der Waals surface area contributed by atoms with Crippen LogP contribution < -0.4 is 10.1 Å². The average Bonchev–Trinajstić information content (AvgIpc) is 3.31. The molecule has 2 heterocycles. The zero-order valence-corrected chi connectivity index (χ0v) is 17.8. The molecule has 4 rings (SSSR count). The molecule has 0 radical (unpaired) electrons. The molecule has 32 heavy (non-hydrogen) atoms. The van der Waals surface area contributed by atoms with Gasteiger partial charge in [0, 0.05) is 24.7 Å². The smallest absolute Gasteiger partial charge is 0.276 e. The minimum atomic E-state index is -0.500. The quantitative estimate of drug-likeness (QED) is 0.606. The van der Waals surface area contributed by atoms with Crippen LogP contribution in [0.1, 0.15) is 52.2 Å². The van der Waals surface area contributed by atoms with Crippen LogP contribution in [-0.2, 0) is 0 Å². The molecule has 1 aromatic heterocycles. The largest absolute Gasteiger partial charge is 0.493 e. The number of carbonyl (C=O) groups is 2. The second-order valence-corrected chi connectivity index (χ2v) is 7.64. The molecular weight excluding hydrogens is 411 g/mol. The summed E-state index contributed by atoms with van der Waals surface area (Å²) in [6.07, 6.45) is 1.50. The third-order valence-corrected chi connectivity index (χ3v) is 5.59. The van der Waals surface area contributed by atoms with Crippen molar-refractivity contribution in [3.05, 3.63) is 77.4 Å². The molecule has 0 unspecified atom stereocenters. The Kier molecular flexibility index (Phi) is 6.49. The Morgan fingerprint density at radius 1 is 1.16 bits per heavy atom. The molecule has 0 saturated carbocycles. The van der Waals surface area contributed by atoms with Crippen LogP contribution in [-0.4, -0.2) is 46.6 Å². The molecule has 7 nitrogen and oxygen atoms in total. The standard InChI is InChI=1S/C24H25FN4O3/c1-2-32-22-10-6-3-7-17(22)24(31)29-13-11-16(12-14-29)20-15-21(28-27-20)23(30)26-19-9-5-4-8-18(19)25/h3-10,15-16H,2,11-14H2,1H3,(H,26,30)(H,27,28). The molecule has 3 aromatic rings. The van der Waals surface area contributed by atoms with Crippen molar-refractivity contribution in [1.82, 2.24) is 15.1 Å². The lowest BCUT2D eigenvalue weighted by Crippen LogP contribution is -2.38. The van der Waals surface area contributed by atoms with Gasteiger partial charge in [-0.1, -0.05) is 24.3 Å². The summed E-state index contributed by atoms with van der Waals surface area (Å²) in [6.45, 7) is 3.58. The van der Waals surface area contributed by atoms with Crippen LogP contribution >= 0.6 is 0 Å². The van der Waals surface area contributed by atoms with Crippen LogP contribution in [0.4, 0.5) is 10.1 Å². The number of para-hydroxylation sites is 2. The number of anilines is 1. The highest BCUT2D eigenvalue weighted by molar-refractivity contribution is 6.03. The molecule has 8 heteroatoms. The van der Waals surface area contributed by atoms with Gasteiger partial charge in [0.1, 0.15) is 11.6 Å². The second kappa shape index (κ2) is 9.64. The van der Waals surface area contributed by atoms with Crippen molar-refractivity contribution in [1.29, 1.82) is 0 Å². The van der Waals surface area contributed by atoms with Gasteiger partial charge in [-0.3, -0.25) is 14.7 Å². The average molecular weight is 436 g/mol. The summed E-state index contributed by atoms with van der Waals surface area (Å²) in [5, 5.41) is 9.56. The third-order valence-electron chi connectivity index (χ3n) is 5.59. The number of aromatic nitrogens is 2. The molecule has 2 amide bonds. The van der Waals surface area contributed by atoms with Gasteiger partial charge in [0.25, 0.3) is 11.8 Å². The molecule has 0 aliphatic carbocycles. The number of H-pyrrole nitrogens is 1. The Morgan fingerprint density at radius 2 is 1.88 bits per heavy atom. The van der Waals surface area contributed by atoms with Crippen LogP contribution in [0.5, 0.6) is 5.75 Å². The summed E-state index contributed by atoms with van der Waals surface area (Å²) >= 11 is 0. The lowest BCUT2D eigenvalue weighted by Gasteiger charge is -2.31. The fraction of sp³-hybridized carbons (Fsp3) is 0.292. The molecule has 1 fully saturated rings. The maximum Gasteiger partial charge on any atom is 0.276 e. The first-order valence-corrected chi connectivity index (χ1v) is 10.7. The highest BCUT2D eigenvalue weighted by atomic mass is 19.1. The number of halogens is 1. The van der Waals surface area contributed by atoms with Crippen molar-refractivity contribution in [3.8, 4) is 5.75 Å². The molecule has 0 bridgehead atoms. The Labute approximate surface area is 185 Å². The molecule has 0 atom stereocenters. The minimum Gasteiger partial charge on any atom is -0.493 e. The molecule has 0 spiro atoms. The molecular formula is C24H25FN4O3. The van der Waals surface area contributed by atoms with Crippen molar-refractivity contribution < 1.29 is 18.7 Å². The van der Waals surface area contributed by atoms with Gasteiger partial charge in [0.2, 0.25) is 0 Å². The van der Waals surface area contributed by atoms with E-state index in [1.165, 1.54) is 12.1 Å². The van der Waals surface area contributed by atoms with Gasteiger partial charge >= 0.3 is 0 Å². The Morgan fingerprint density at radius 3 is 2.62 bits per heavy atom. The third kappa shape index (κ3) is 4.64. The number of piperidine rings is 1. The van der Waals surface area contributed by atoms with E-state index in [0.717, 1.165) is 18.5 Å². The van der Waals surface area contributed by atoms with Gasteiger partial charge in [-0.05, 0) is 50.1 Å². The van der Waals surface area contributed by atoms with E-state index in [1.54, 1.807) is 24.3 Å². The van der Waals surface area contributed by atoms with Gasteiger partial charge in [0.05, 0.1) is 17.9 Å². The van der Waals surface area contributed by atoms with E-state index in [2.05, 4.69) is 15.5 Å². The number of aromatic amines is 1. The van der Waals surface area contributed by atoms with Gasteiger partial charge in [-0.15, -0.1) is 0 Å². The number of likely N-dealkylation sites (tertiary alicyclic amines) is 1. The fourth-order valence-electron chi connectivity index (χ4n) is 3.90. The van der Waals surface area contributed by atoms with E-state index in [0.29, 0.717) is 31.0 Å². The van der Waals surface area contributed by atoms with Crippen LogP contribution in [0.25, 0.3) is 0 Å². The van der Waals surface area contributed by atoms with Gasteiger partial charge in [-0.25, -0.2) is 4.39 Å². The number of nitrogens with one attached hydrogen (secondary N) is 2. The predicted octanol–water partition coefficient (Wildman–Crippen LogP) is 4.22. The number of hydrogen-bond donors (Lipinski definition) is 2. The Bertz CT molecular complexity index is 1110. The monoisotopic (exact) mass is 436 g/mol. The Balaban J connectivity index is 1.37. The highest BCUT2D eigenvalue weighted by Gasteiger charge is 2.27. The summed E-state index contributed by atoms with van der Waals surface area (Å²) in [5.41, 5.74) is 1.72. The number of amides is 2. The van der Waals surface area contributed by atoms with Crippen LogP contribution in [0.2, 0.25) is 0 Å². The van der Waals surface area contributed by atoms with E-state index in [9.17, 15) is 14.0 Å². The molecule has 2 N–H and O–H groups in total. The number of nitrogens with zero attached hydrogens (tertiary/aromatic N) is 2. The summed E-state index contributed by atoms with van der Waals surface area (Å²) in [4.78, 5) is 27.2. The maximum atomic E-state index is 13.8. The van der Waals surface area contributed by atoms with Crippen LogP contribution in [0, 0.1) is 5.82 Å². The Hall–Kier alpha value is -3.68. The number of rotatable bonds is 6. The van der Waals surface area contributed by atoms with Crippen molar-refractivity contribution in [2.24, 2.45) is 0 Å². The van der Waals surface area contributed by atoms with Crippen LogP contribution in [0.3, 0.4) is 0 Å². The molecule has 1 aliphatic heterocycles. The van der Waals surface area contributed by atoms with E-state index in [4.69, 9.17) is 4.74 Å². The van der Waals surface area contributed by atoms with Crippen molar-refractivity contribution >= 4 is 17.5 Å². The fourth-order valence-corrected chi connectivity index (χ4v) is 3.90. The number of ether oxygens (including phenoxy) is 1. The number of hydrogen-bond acceptors (Lipinski definition) is 4. The molecule has 166 valence electrons. The lowest BCUT2D eigenvalue weighted by atomic mass is 9.93. The zero-order chi connectivity index (χ0) is 22.5. The van der Waals surface area contributed by atoms with Gasteiger partial charge < -0.3 is 15.0 Å². The number of benzene rings is 2. The van der Waals surface area contributed by atoms with Crippen molar-refractivity contribution in [2.45, 2.75) is 25.7 Å². The predicted molar refractivity (Wildman–Crippen MR) is 118 cm³/mol. The first kappa shape index (κ1) is 21.5. The summed E-state index contributed by atoms with van der Waals surface area (Å²) in [7, 11) is 0. The molecule has 2 aromatic carbocycles. The van der Waals surface area contributed by atoms with E-state index in [-0.39, 0.29) is 23.2 Å². The molecule has 1 aliphatic rings. The van der Waals surface area contributed by atoms with Crippen molar-refractivity contribution in [2.75, 3.05) is 25.0 Å². The minimum absolute atomic E-state index is 0.0398. The summed E-state index contributed by atoms with van der Waals surface area (Å²) in [6, 6.07) is 15.0. The summed E-state index contributed by atoms with van der Waals surface area (Å²) < 4.78 is 19.4. The van der Waals surface area contributed by atoms with Gasteiger partial charge in [-0.2, -0.15) is 5.10 Å². The van der Waals surface area contributed by atoms with Crippen LogP contribution in [0.15, 0.2) is 54.6 Å². The second-order valence-electron chi connectivity index (χ2n) is 7.64. The van der Waals surface area contributed by atoms with Crippen molar-refractivity contribution in [3.63, 3.8) is 0 Å². The number of carbonyl (C=O) groups excluding carboxylic acids is 2. The van der Waals surface area contributed by atoms with E-state index >= 15 is 0 Å². The first-order valence-electron chi connectivity index (χ1n) is 10.7. The summed E-state index contributed by atoms with van der Waals surface area (Å²) in [5.74, 6) is -0.260. The maximum absolute atomic E-state index is 13.8. The highest BCUT2D eigenvalue weighted by Crippen LogP contribution is 2.29. The first-order chi connectivity index (χ1) is 15.6. The van der Waals surface area contributed by atoms with E-state index < -0.39 is 11.7 Å². The topological polar surface area (TPSA) is 87.3 Å².